The van der Waals surface area contributed by atoms with Crippen LogP contribution >= 0.6 is 0 Å². The van der Waals surface area contributed by atoms with Gasteiger partial charge in [-0.25, -0.2) is 0 Å². The van der Waals surface area contributed by atoms with Crippen LogP contribution in [0, 0.1) is 20.2 Å². The van der Waals surface area contributed by atoms with E-state index < -0.39 is 58.3 Å². The molecular formula is C6H4IN2O8S-. The van der Waals surface area contributed by atoms with Crippen molar-refractivity contribution >= 4 is 21.5 Å². The first-order chi connectivity index (χ1) is 8.29. The van der Waals surface area contributed by atoms with Crippen LogP contribution in [-0.4, -0.2) is 21.7 Å². The Morgan fingerprint density at radius 1 is 1.22 bits per heavy atom. The molecule has 0 aliphatic carbocycles. The van der Waals surface area contributed by atoms with Gasteiger partial charge >= 0.3 is 111 Å². The van der Waals surface area contributed by atoms with Crippen molar-refractivity contribution in [1.82, 2.24) is 0 Å². The molecule has 0 spiro atoms. The summed E-state index contributed by atoms with van der Waals surface area (Å²) in [4.78, 5) is 18.3. The van der Waals surface area contributed by atoms with Crippen molar-refractivity contribution in [1.29, 1.82) is 0 Å². The Bertz CT molecular complexity index is 600. The minimum atomic E-state index is -4.49. The van der Waals surface area contributed by atoms with E-state index in [-0.39, 0.29) is 0 Å². The Labute approximate surface area is 111 Å². The first-order valence-electron chi connectivity index (χ1n) is 3.94. The molecule has 0 saturated carbocycles. The number of halogens is 1. The average Bonchev–Trinajstić information content (AvgIpc) is 2.27. The molecular weight excluding hydrogens is 387 g/mol. The quantitative estimate of drug-likeness (QED) is 0.320. The monoisotopic (exact) mass is 391 g/mol. The van der Waals surface area contributed by atoms with Crippen LogP contribution in [0.4, 0.5) is 11.4 Å². The maximum absolute atomic E-state index is 11.4. The summed E-state index contributed by atoms with van der Waals surface area (Å²) >= 11 is -2.11. The molecule has 0 aromatic heterocycles. The van der Waals surface area contributed by atoms with Crippen LogP contribution in [-0.2, 0) is 12.6 Å². The third kappa shape index (κ3) is 3.09. The van der Waals surface area contributed by atoms with Gasteiger partial charge in [0.2, 0.25) is 0 Å². The maximum atomic E-state index is 11.4. The summed E-state index contributed by atoms with van der Waals surface area (Å²) in [5, 5.41) is 21.1. The Morgan fingerprint density at radius 3 is 2.28 bits per heavy atom. The fraction of sp³-hybridized carbons (Fsp3) is 0. The Hall–Kier alpha value is -1.38. The standard InChI is InChI=1S/C6H4IN2O8S/c10-7-17-18(15,16)6-2-1-4(8(11)12)3-5(6)9(13)14/h1-3,10H/q-1. The zero-order valence-corrected chi connectivity index (χ0v) is 11.2. The van der Waals surface area contributed by atoms with Gasteiger partial charge in [-0.15, -0.1) is 0 Å². The molecule has 1 rings (SSSR count). The topological polar surface area (TPSA) is 150 Å². The second kappa shape index (κ2) is 5.51. The van der Waals surface area contributed by atoms with Crippen molar-refractivity contribution in [3.05, 3.63) is 38.4 Å². The van der Waals surface area contributed by atoms with Crippen molar-refractivity contribution < 1.29 is 46.2 Å². The van der Waals surface area contributed by atoms with Crippen molar-refractivity contribution in [2.75, 3.05) is 0 Å². The predicted molar refractivity (Wildman–Crippen MR) is 50.2 cm³/mol. The molecule has 0 radical (unpaired) electrons. The number of nitrogens with zero attached hydrogens (tertiary/aromatic N) is 2. The molecule has 12 heteroatoms. The van der Waals surface area contributed by atoms with Gasteiger partial charge in [-0.1, -0.05) is 0 Å². The Morgan fingerprint density at radius 2 is 1.83 bits per heavy atom. The number of benzene rings is 1. The fourth-order valence-electron chi connectivity index (χ4n) is 1.04. The molecule has 0 aliphatic heterocycles. The van der Waals surface area contributed by atoms with Gasteiger partial charge in [0.25, 0.3) is 0 Å². The van der Waals surface area contributed by atoms with Crippen LogP contribution < -0.4 is 22.0 Å². The van der Waals surface area contributed by atoms with Gasteiger partial charge in [0.05, 0.1) is 0 Å². The predicted octanol–water partition coefficient (Wildman–Crippen LogP) is -2.88. The van der Waals surface area contributed by atoms with Crippen LogP contribution in [0.15, 0.2) is 23.1 Å². The van der Waals surface area contributed by atoms with Gasteiger partial charge in [-0.2, -0.15) is 0 Å². The van der Waals surface area contributed by atoms with Crippen LogP contribution in [0.3, 0.4) is 0 Å². The number of nitro groups is 2. The van der Waals surface area contributed by atoms with Gasteiger partial charge in [0.1, 0.15) is 0 Å². The summed E-state index contributed by atoms with van der Waals surface area (Å²) in [5.41, 5.74) is -1.61. The number of rotatable bonds is 5. The van der Waals surface area contributed by atoms with Gasteiger partial charge in [0, 0.05) is 0 Å². The number of nitro benzene ring substituents is 2. The zero-order valence-electron chi connectivity index (χ0n) is 8.22. The summed E-state index contributed by atoms with van der Waals surface area (Å²) < 4.78 is 35.4. The minimum absolute atomic E-state index is 0.506. The summed E-state index contributed by atoms with van der Waals surface area (Å²) in [5.74, 6) is 0. The molecule has 0 atom stereocenters. The molecule has 0 amide bonds. The second-order valence-electron chi connectivity index (χ2n) is 2.75. The third-order valence-electron chi connectivity index (χ3n) is 1.73. The number of hydrogen-bond acceptors (Lipinski definition) is 8. The van der Waals surface area contributed by atoms with E-state index in [1.807, 2.05) is 0 Å². The first kappa shape index (κ1) is 14.7. The van der Waals surface area contributed by atoms with Gasteiger partial charge < -0.3 is 0 Å². The van der Waals surface area contributed by atoms with Gasteiger partial charge in [-0.3, -0.25) is 0 Å². The fourth-order valence-corrected chi connectivity index (χ4v) is 3.03. The van der Waals surface area contributed by atoms with Crippen molar-refractivity contribution in [2.24, 2.45) is 0 Å². The molecule has 0 aliphatic rings. The van der Waals surface area contributed by atoms with E-state index in [1.54, 1.807) is 0 Å². The first-order valence-corrected chi connectivity index (χ1v) is 7.20. The normalized spacial score (nSPS) is 11.4. The summed E-state index contributed by atoms with van der Waals surface area (Å²) in [7, 11) is -4.49. The van der Waals surface area contributed by atoms with Crippen molar-refractivity contribution in [2.45, 2.75) is 4.90 Å². The average molecular weight is 391 g/mol. The van der Waals surface area contributed by atoms with Crippen molar-refractivity contribution in [3.63, 3.8) is 0 Å². The van der Waals surface area contributed by atoms with Gasteiger partial charge in [-0.05, 0) is 0 Å². The SMILES string of the molecule is O=[N+]([O-])c1ccc(S(=O)(=O)O[I-]O)c([N+](=O)[O-])c1. The van der Waals surface area contributed by atoms with E-state index in [0.29, 0.717) is 12.1 Å². The molecule has 0 fully saturated rings. The molecule has 1 aromatic rings. The van der Waals surface area contributed by atoms with E-state index >= 15 is 0 Å². The number of hydrogen-bond donors (Lipinski definition) is 1. The van der Waals surface area contributed by atoms with Gasteiger partial charge in [0.15, 0.2) is 0 Å². The van der Waals surface area contributed by atoms with E-state index in [1.165, 1.54) is 0 Å². The summed E-state index contributed by atoms with van der Waals surface area (Å²) in [6, 6.07) is 1.98. The van der Waals surface area contributed by atoms with E-state index in [9.17, 15) is 28.6 Å². The summed E-state index contributed by atoms with van der Waals surface area (Å²) in [6.45, 7) is 0. The van der Waals surface area contributed by atoms with Crippen molar-refractivity contribution in [3.8, 4) is 0 Å². The van der Waals surface area contributed by atoms with E-state index in [4.69, 9.17) is 3.44 Å². The van der Waals surface area contributed by atoms with Crippen LogP contribution in [0.25, 0.3) is 0 Å². The second-order valence-corrected chi connectivity index (χ2v) is 5.70. The molecule has 0 saturated heterocycles. The molecule has 0 unspecified atom stereocenters. The van der Waals surface area contributed by atoms with E-state index in [2.05, 4.69) is 2.51 Å². The molecule has 1 aromatic carbocycles. The molecule has 10 nitrogen and oxygen atoms in total. The van der Waals surface area contributed by atoms with Crippen LogP contribution in [0.1, 0.15) is 0 Å². The van der Waals surface area contributed by atoms with E-state index in [0.717, 1.165) is 6.07 Å². The van der Waals surface area contributed by atoms with Crippen LogP contribution in [0.5, 0.6) is 0 Å². The molecule has 0 bridgehead atoms. The molecule has 0 heterocycles. The molecule has 1 N–H and O–H groups in total. The molecule has 18 heavy (non-hydrogen) atoms. The number of non-ortho nitro benzene ring substituents is 1. The zero-order chi connectivity index (χ0) is 13.9. The molecule has 100 valence electrons. The Kier molecular flexibility index (Phi) is 4.49. The third-order valence-corrected chi connectivity index (χ3v) is 4.74. The van der Waals surface area contributed by atoms with Crippen LogP contribution in [0.2, 0.25) is 0 Å². The Balaban J connectivity index is 3.46. The summed E-state index contributed by atoms with van der Waals surface area (Å²) in [6.07, 6.45) is 0.